The van der Waals surface area contributed by atoms with Gasteiger partial charge in [-0.2, -0.15) is 0 Å². The third-order valence-corrected chi connectivity index (χ3v) is 10.0. The smallest absolute Gasteiger partial charge is 0.137 e. The third-order valence-electron chi connectivity index (χ3n) is 10.0. The molecule has 1 heterocycles. The van der Waals surface area contributed by atoms with Crippen molar-refractivity contribution < 1.29 is 4.42 Å². The molecule has 0 aliphatic heterocycles. The van der Waals surface area contributed by atoms with E-state index < -0.39 is 0 Å². The van der Waals surface area contributed by atoms with Crippen LogP contribution >= 0.6 is 0 Å². The minimum absolute atomic E-state index is 0.869. The van der Waals surface area contributed by atoms with Gasteiger partial charge >= 0.3 is 0 Å². The molecule has 2 heteroatoms. The Hall–Kier alpha value is -6.64. The van der Waals surface area contributed by atoms with Crippen molar-refractivity contribution in [2.24, 2.45) is 0 Å². The Morgan fingerprint density at radius 1 is 0.340 bits per heavy atom. The van der Waals surface area contributed by atoms with Crippen molar-refractivity contribution in [3.63, 3.8) is 0 Å². The number of benzene rings is 9. The molecule has 10 aromatic rings. The van der Waals surface area contributed by atoms with Gasteiger partial charge in [0.05, 0.1) is 16.8 Å². The van der Waals surface area contributed by atoms with Gasteiger partial charge in [-0.25, -0.2) is 0 Å². The van der Waals surface area contributed by atoms with E-state index in [2.05, 4.69) is 187 Å². The number of para-hydroxylation sites is 1. The molecule has 0 spiro atoms. The molecule has 0 amide bonds. The molecule has 0 unspecified atom stereocenters. The molecule has 0 saturated heterocycles. The lowest BCUT2D eigenvalue weighted by molar-refractivity contribution is 0.669. The zero-order valence-electron chi connectivity index (χ0n) is 27.3. The first-order valence-corrected chi connectivity index (χ1v) is 17.1. The largest absolute Gasteiger partial charge is 0.456 e. The van der Waals surface area contributed by atoms with Crippen molar-refractivity contribution in [3.05, 3.63) is 188 Å². The first-order valence-electron chi connectivity index (χ1n) is 17.1. The van der Waals surface area contributed by atoms with E-state index >= 15 is 0 Å². The summed E-state index contributed by atoms with van der Waals surface area (Å²) in [6.07, 6.45) is 0. The number of rotatable bonds is 5. The molecule has 0 N–H and O–H groups in total. The van der Waals surface area contributed by atoms with Gasteiger partial charge in [-0.15, -0.1) is 0 Å². The van der Waals surface area contributed by atoms with Gasteiger partial charge in [-0.1, -0.05) is 152 Å². The molecule has 1 aromatic heterocycles. The number of hydrogen-bond donors (Lipinski definition) is 0. The van der Waals surface area contributed by atoms with Crippen LogP contribution in [0.5, 0.6) is 0 Å². The average molecular weight is 638 g/mol. The van der Waals surface area contributed by atoms with Crippen LogP contribution in [0.3, 0.4) is 0 Å². The third kappa shape index (κ3) is 4.50. The predicted molar refractivity (Wildman–Crippen MR) is 212 cm³/mol. The van der Waals surface area contributed by atoms with E-state index in [0.717, 1.165) is 39.0 Å². The fourth-order valence-corrected chi connectivity index (χ4v) is 7.77. The van der Waals surface area contributed by atoms with Crippen molar-refractivity contribution in [2.75, 3.05) is 4.90 Å². The Labute approximate surface area is 290 Å². The summed E-state index contributed by atoms with van der Waals surface area (Å²) in [5.41, 5.74) is 9.76. The molecule has 9 aromatic carbocycles. The molecule has 0 radical (unpaired) electrons. The number of nitrogens with zero attached hydrogens (tertiary/aromatic N) is 1. The molecule has 0 aliphatic carbocycles. The minimum Gasteiger partial charge on any atom is -0.456 e. The summed E-state index contributed by atoms with van der Waals surface area (Å²) in [5, 5.41) is 9.57. The second kappa shape index (κ2) is 11.5. The van der Waals surface area contributed by atoms with Crippen molar-refractivity contribution in [1.82, 2.24) is 0 Å². The number of anilines is 3. The standard InChI is InChI=1S/C48H31NO/c1-3-14-32(15-4-1)37-29-27-35(30-42(37)33-16-5-2-6-17-33)49(44-23-13-25-47-48(44)41-22-11-12-24-46(41)50-47)45-31-43-36-19-8-7-18-34(36)26-28-39(43)38-20-9-10-21-40(38)45/h1-31H. The quantitative estimate of drug-likeness (QED) is 0.175. The fourth-order valence-electron chi connectivity index (χ4n) is 7.77. The van der Waals surface area contributed by atoms with E-state index in [1.165, 1.54) is 54.6 Å². The summed E-state index contributed by atoms with van der Waals surface area (Å²) in [6, 6.07) is 67.6. The fraction of sp³-hybridized carbons (Fsp3) is 0. The highest BCUT2D eigenvalue weighted by atomic mass is 16.3. The van der Waals surface area contributed by atoms with Gasteiger partial charge in [0.25, 0.3) is 0 Å². The van der Waals surface area contributed by atoms with Crippen molar-refractivity contribution in [3.8, 4) is 22.3 Å². The highest BCUT2D eigenvalue weighted by Gasteiger charge is 2.23. The Balaban J connectivity index is 1.35. The minimum atomic E-state index is 0.869. The van der Waals surface area contributed by atoms with E-state index in [0.29, 0.717) is 0 Å². The summed E-state index contributed by atoms with van der Waals surface area (Å²) < 4.78 is 6.47. The zero-order valence-corrected chi connectivity index (χ0v) is 27.3. The molecular formula is C48H31NO. The summed E-state index contributed by atoms with van der Waals surface area (Å²) in [7, 11) is 0. The van der Waals surface area contributed by atoms with Gasteiger partial charge in [-0.3, -0.25) is 0 Å². The molecule has 50 heavy (non-hydrogen) atoms. The SMILES string of the molecule is c1ccc(-c2ccc(N(c3cc4c5ccccc5ccc4c4ccccc34)c3cccc4oc5ccccc5c34)cc2-c2ccccc2)cc1. The Bertz CT molecular complexity index is 2870. The van der Waals surface area contributed by atoms with Crippen LogP contribution in [0.1, 0.15) is 0 Å². The molecule has 234 valence electrons. The Morgan fingerprint density at radius 2 is 0.960 bits per heavy atom. The number of fused-ring (bicyclic) bond motifs is 8. The average Bonchev–Trinajstić information content (AvgIpc) is 3.58. The normalized spacial score (nSPS) is 11.6. The molecule has 0 fully saturated rings. The van der Waals surface area contributed by atoms with E-state index in [-0.39, 0.29) is 0 Å². The van der Waals surface area contributed by atoms with Crippen LogP contribution in [0, 0.1) is 0 Å². The van der Waals surface area contributed by atoms with Crippen molar-refractivity contribution >= 4 is 71.3 Å². The van der Waals surface area contributed by atoms with Crippen molar-refractivity contribution in [1.29, 1.82) is 0 Å². The van der Waals surface area contributed by atoms with E-state index in [1.54, 1.807) is 0 Å². The van der Waals surface area contributed by atoms with Crippen LogP contribution in [0.25, 0.3) is 76.5 Å². The molecule has 0 aliphatic rings. The highest BCUT2D eigenvalue weighted by Crippen LogP contribution is 2.48. The topological polar surface area (TPSA) is 16.4 Å². The lowest BCUT2D eigenvalue weighted by Gasteiger charge is -2.29. The molecule has 0 bridgehead atoms. The van der Waals surface area contributed by atoms with Gasteiger partial charge in [0.15, 0.2) is 0 Å². The lowest BCUT2D eigenvalue weighted by Crippen LogP contribution is -2.11. The van der Waals surface area contributed by atoms with Gasteiger partial charge in [-0.05, 0) is 85.6 Å². The van der Waals surface area contributed by atoms with Crippen LogP contribution in [0.15, 0.2) is 192 Å². The monoisotopic (exact) mass is 637 g/mol. The summed E-state index contributed by atoms with van der Waals surface area (Å²) in [5.74, 6) is 0. The molecule has 0 atom stereocenters. The van der Waals surface area contributed by atoms with Gasteiger partial charge in [0.1, 0.15) is 11.2 Å². The highest BCUT2D eigenvalue weighted by molar-refractivity contribution is 6.22. The van der Waals surface area contributed by atoms with Crippen LogP contribution in [0.4, 0.5) is 17.1 Å². The Kier molecular flexibility index (Phi) is 6.53. The van der Waals surface area contributed by atoms with Gasteiger partial charge < -0.3 is 9.32 Å². The predicted octanol–water partition coefficient (Wildman–Crippen LogP) is 13.8. The summed E-state index contributed by atoms with van der Waals surface area (Å²) in [4.78, 5) is 2.45. The molecule has 2 nitrogen and oxygen atoms in total. The summed E-state index contributed by atoms with van der Waals surface area (Å²) >= 11 is 0. The van der Waals surface area contributed by atoms with E-state index in [4.69, 9.17) is 4.42 Å². The maximum atomic E-state index is 6.47. The number of hydrogen-bond acceptors (Lipinski definition) is 2. The van der Waals surface area contributed by atoms with Crippen LogP contribution < -0.4 is 4.90 Å². The summed E-state index contributed by atoms with van der Waals surface area (Å²) in [6.45, 7) is 0. The molecular weight excluding hydrogens is 607 g/mol. The maximum Gasteiger partial charge on any atom is 0.137 e. The first kappa shape index (κ1) is 28.4. The van der Waals surface area contributed by atoms with Gasteiger partial charge in [0, 0.05) is 16.5 Å². The maximum absolute atomic E-state index is 6.47. The lowest BCUT2D eigenvalue weighted by atomic mass is 9.92. The van der Waals surface area contributed by atoms with E-state index in [9.17, 15) is 0 Å². The number of furan rings is 1. The van der Waals surface area contributed by atoms with Crippen LogP contribution in [0.2, 0.25) is 0 Å². The molecule has 10 rings (SSSR count). The Morgan fingerprint density at radius 3 is 1.76 bits per heavy atom. The van der Waals surface area contributed by atoms with E-state index in [1.807, 2.05) is 6.07 Å². The van der Waals surface area contributed by atoms with Crippen LogP contribution in [-0.4, -0.2) is 0 Å². The van der Waals surface area contributed by atoms with Crippen LogP contribution in [-0.2, 0) is 0 Å². The zero-order chi connectivity index (χ0) is 33.0. The first-order chi connectivity index (χ1) is 24.8. The molecule has 0 saturated carbocycles. The second-order valence-corrected chi connectivity index (χ2v) is 12.9. The van der Waals surface area contributed by atoms with Crippen molar-refractivity contribution in [2.45, 2.75) is 0 Å². The van der Waals surface area contributed by atoms with Gasteiger partial charge in [0.2, 0.25) is 0 Å². The second-order valence-electron chi connectivity index (χ2n) is 12.9.